The van der Waals surface area contributed by atoms with Crippen molar-refractivity contribution in [3.05, 3.63) is 29.0 Å². The van der Waals surface area contributed by atoms with Gasteiger partial charge in [0.2, 0.25) is 0 Å². The van der Waals surface area contributed by atoms with Gasteiger partial charge in [0.25, 0.3) is 0 Å². The molecule has 4 unspecified atom stereocenters. The van der Waals surface area contributed by atoms with Crippen molar-refractivity contribution in [2.75, 3.05) is 0 Å². The molecule has 0 aliphatic heterocycles. The third-order valence-electron chi connectivity index (χ3n) is 5.88. The molecule has 0 amide bonds. The van der Waals surface area contributed by atoms with Gasteiger partial charge in [-0.2, -0.15) is 0 Å². The summed E-state index contributed by atoms with van der Waals surface area (Å²) < 4.78 is 2.43. The lowest BCUT2D eigenvalue weighted by Crippen LogP contribution is -2.35. The molecule has 0 saturated heterocycles. The zero-order valence-corrected chi connectivity index (χ0v) is 12.8. The van der Waals surface area contributed by atoms with E-state index in [2.05, 4.69) is 10.6 Å². The van der Waals surface area contributed by atoms with Crippen LogP contribution in [0.4, 0.5) is 0 Å². The van der Waals surface area contributed by atoms with Gasteiger partial charge in [-0.05, 0) is 56.1 Å². The van der Waals surface area contributed by atoms with Crippen LogP contribution in [0.25, 0.3) is 11.0 Å². The number of rotatable bonds is 2. The van der Waals surface area contributed by atoms with Crippen molar-refractivity contribution in [1.82, 2.24) is 9.55 Å². The van der Waals surface area contributed by atoms with Crippen molar-refractivity contribution in [2.45, 2.75) is 50.1 Å². The number of imidazole rings is 1. The number of nitrogens with two attached hydrogens (primary N) is 1. The molecule has 110 valence electrons. The van der Waals surface area contributed by atoms with Gasteiger partial charge in [0.05, 0.1) is 16.1 Å². The number of hydrogen-bond acceptors (Lipinski definition) is 2. The second kappa shape index (κ2) is 4.23. The van der Waals surface area contributed by atoms with Gasteiger partial charge in [-0.25, -0.2) is 4.98 Å². The minimum absolute atomic E-state index is 0.289. The molecule has 0 spiro atoms. The summed E-state index contributed by atoms with van der Waals surface area (Å²) in [4.78, 5) is 4.98. The minimum Gasteiger partial charge on any atom is -0.327 e. The van der Waals surface area contributed by atoms with Crippen LogP contribution in [0, 0.1) is 11.8 Å². The summed E-state index contributed by atoms with van der Waals surface area (Å²) in [7, 11) is 0. The quantitative estimate of drug-likeness (QED) is 0.915. The van der Waals surface area contributed by atoms with Crippen molar-refractivity contribution in [2.24, 2.45) is 17.6 Å². The maximum absolute atomic E-state index is 6.56. The first-order valence-electron chi connectivity index (χ1n) is 8.16. The maximum atomic E-state index is 6.56. The molecule has 4 atom stereocenters. The first-order valence-corrected chi connectivity index (χ1v) is 8.54. The predicted octanol–water partition coefficient (Wildman–Crippen LogP) is 3.87. The Labute approximate surface area is 129 Å². The SMILES string of the molecule is NC1C2CCC(C2)C1c1nc2cccc(Cl)c2n1C1CC1. The number of benzene rings is 1. The normalized spacial score (nSPS) is 35.0. The van der Waals surface area contributed by atoms with Gasteiger partial charge in [-0.1, -0.05) is 17.7 Å². The first kappa shape index (κ1) is 12.5. The Morgan fingerprint density at radius 3 is 2.67 bits per heavy atom. The van der Waals surface area contributed by atoms with Crippen LogP contribution in [0.15, 0.2) is 18.2 Å². The summed E-state index contributed by atoms with van der Waals surface area (Å²) in [5.74, 6) is 3.11. The van der Waals surface area contributed by atoms with Crippen molar-refractivity contribution in [1.29, 1.82) is 0 Å². The molecule has 2 bridgehead atoms. The molecule has 3 aliphatic carbocycles. The summed E-state index contributed by atoms with van der Waals surface area (Å²) in [6, 6.07) is 6.95. The third-order valence-corrected chi connectivity index (χ3v) is 6.18. The summed E-state index contributed by atoms with van der Waals surface area (Å²) in [6.45, 7) is 0. The van der Waals surface area contributed by atoms with E-state index >= 15 is 0 Å². The van der Waals surface area contributed by atoms with Crippen LogP contribution in [0.5, 0.6) is 0 Å². The Kier molecular flexibility index (Phi) is 2.52. The van der Waals surface area contributed by atoms with E-state index in [9.17, 15) is 0 Å². The van der Waals surface area contributed by atoms with E-state index in [1.165, 1.54) is 37.9 Å². The largest absolute Gasteiger partial charge is 0.327 e. The predicted molar refractivity (Wildman–Crippen MR) is 84.6 cm³/mol. The Bertz CT molecular complexity index is 716. The van der Waals surface area contributed by atoms with Gasteiger partial charge < -0.3 is 10.3 Å². The summed E-state index contributed by atoms with van der Waals surface area (Å²) >= 11 is 6.48. The van der Waals surface area contributed by atoms with Crippen molar-refractivity contribution in [3.63, 3.8) is 0 Å². The zero-order chi connectivity index (χ0) is 14.1. The van der Waals surface area contributed by atoms with E-state index in [4.69, 9.17) is 22.3 Å². The Morgan fingerprint density at radius 1 is 1.14 bits per heavy atom. The molecular formula is C17H20ClN3. The summed E-state index contributed by atoms with van der Waals surface area (Å²) in [5, 5.41) is 0.829. The van der Waals surface area contributed by atoms with Gasteiger partial charge in [0.15, 0.2) is 0 Å². The summed E-state index contributed by atoms with van der Waals surface area (Å²) in [5.41, 5.74) is 8.73. The number of halogens is 1. The van der Waals surface area contributed by atoms with Crippen LogP contribution in [0.3, 0.4) is 0 Å². The molecule has 3 aliphatic rings. The highest BCUT2D eigenvalue weighted by atomic mass is 35.5. The molecular weight excluding hydrogens is 282 g/mol. The lowest BCUT2D eigenvalue weighted by molar-refractivity contribution is 0.347. The average molecular weight is 302 g/mol. The lowest BCUT2D eigenvalue weighted by Gasteiger charge is -2.28. The van der Waals surface area contributed by atoms with Crippen LogP contribution in [-0.2, 0) is 0 Å². The molecule has 1 heterocycles. The van der Waals surface area contributed by atoms with Crippen molar-refractivity contribution in [3.8, 4) is 0 Å². The van der Waals surface area contributed by atoms with E-state index in [-0.39, 0.29) is 6.04 Å². The zero-order valence-electron chi connectivity index (χ0n) is 12.0. The van der Waals surface area contributed by atoms with Gasteiger partial charge in [0, 0.05) is 18.0 Å². The summed E-state index contributed by atoms with van der Waals surface area (Å²) in [6.07, 6.45) is 6.43. The fraction of sp³-hybridized carbons (Fsp3) is 0.588. The highest BCUT2D eigenvalue weighted by Gasteiger charge is 2.49. The van der Waals surface area contributed by atoms with E-state index in [0.717, 1.165) is 22.0 Å². The fourth-order valence-electron chi connectivity index (χ4n) is 4.78. The number of aromatic nitrogens is 2. The Morgan fingerprint density at radius 2 is 1.95 bits per heavy atom. The van der Waals surface area contributed by atoms with Gasteiger partial charge in [0.1, 0.15) is 5.82 Å². The highest BCUT2D eigenvalue weighted by molar-refractivity contribution is 6.35. The molecule has 3 nitrogen and oxygen atoms in total. The van der Waals surface area contributed by atoms with E-state index < -0.39 is 0 Å². The van der Waals surface area contributed by atoms with Crippen LogP contribution in [0.1, 0.15) is 49.9 Å². The molecule has 4 heteroatoms. The number of nitrogens with zero attached hydrogens (tertiary/aromatic N) is 2. The highest BCUT2D eigenvalue weighted by Crippen LogP contribution is 2.54. The standard InChI is InChI=1S/C17H20ClN3/c18-12-2-1-3-13-16(12)21(11-6-7-11)17(20-13)14-9-4-5-10(8-9)15(14)19/h1-3,9-11,14-15H,4-8,19H2. The van der Waals surface area contributed by atoms with Gasteiger partial charge in [-0.15, -0.1) is 0 Å². The molecule has 1 aromatic carbocycles. The Balaban J connectivity index is 1.73. The lowest BCUT2D eigenvalue weighted by atomic mass is 9.84. The second-order valence-electron chi connectivity index (χ2n) is 7.12. The molecule has 5 rings (SSSR count). The number of para-hydroxylation sites is 1. The molecule has 2 aromatic rings. The smallest absolute Gasteiger partial charge is 0.115 e. The average Bonchev–Trinajstić information content (AvgIpc) is 2.95. The van der Waals surface area contributed by atoms with Crippen LogP contribution in [0.2, 0.25) is 5.02 Å². The molecule has 3 saturated carbocycles. The van der Waals surface area contributed by atoms with Crippen molar-refractivity contribution < 1.29 is 0 Å². The molecule has 0 radical (unpaired) electrons. The van der Waals surface area contributed by atoms with Gasteiger partial charge >= 0.3 is 0 Å². The van der Waals surface area contributed by atoms with Crippen LogP contribution < -0.4 is 5.73 Å². The number of fused-ring (bicyclic) bond motifs is 3. The topological polar surface area (TPSA) is 43.8 Å². The maximum Gasteiger partial charge on any atom is 0.115 e. The fourth-order valence-corrected chi connectivity index (χ4v) is 5.04. The van der Waals surface area contributed by atoms with E-state index in [1.54, 1.807) is 0 Å². The Hall–Kier alpha value is -1.06. The number of hydrogen-bond donors (Lipinski definition) is 1. The van der Waals surface area contributed by atoms with E-state index in [0.29, 0.717) is 17.9 Å². The molecule has 21 heavy (non-hydrogen) atoms. The second-order valence-corrected chi connectivity index (χ2v) is 7.52. The van der Waals surface area contributed by atoms with Crippen molar-refractivity contribution >= 4 is 22.6 Å². The minimum atomic E-state index is 0.289. The van der Waals surface area contributed by atoms with Gasteiger partial charge in [-0.3, -0.25) is 0 Å². The molecule has 3 fully saturated rings. The third kappa shape index (κ3) is 1.68. The van der Waals surface area contributed by atoms with E-state index in [1.807, 2.05) is 12.1 Å². The monoisotopic (exact) mass is 301 g/mol. The van der Waals surface area contributed by atoms with Crippen LogP contribution >= 0.6 is 11.6 Å². The first-order chi connectivity index (χ1) is 10.2. The van der Waals surface area contributed by atoms with Crippen LogP contribution in [-0.4, -0.2) is 15.6 Å². The molecule has 2 N–H and O–H groups in total. The molecule has 1 aromatic heterocycles.